The number of hydrogen-bond donors (Lipinski definition) is 1. The molecular formula is C19H20N2O2. The van der Waals surface area contributed by atoms with Gasteiger partial charge in [0.15, 0.2) is 0 Å². The fourth-order valence-corrected chi connectivity index (χ4v) is 2.72. The van der Waals surface area contributed by atoms with Crippen LogP contribution in [0, 0.1) is 0 Å². The van der Waals surface area contributed by atoms with Gasteiger partial charge in [-0.2, -0.15) is 0 Å². The molecule has 0 spiro atoms. The van der Waals surface area contributed by atoms with Crippen LogP contribution >= 0.6 is 0 Å². The highest BCUT2D eigenvalue weighted by Gasteiger charge is 2.23. The summed E-state index contributed by atoms with van der Waals surface area (Å²) in [6.07, 6.45) is 2.63. The van der Waals surface area contributed by atoms with Gasteiger partial charge < -0.3 is 15.0 Å². The first-order valence-electron chi connectivity index (χ1n) is 7.74. The molecule has 2 aromatic rings. The van der Waals surface area contributed by atoms with Crippen LogP contribution < -0.4 is 15.0 Å². The molecule has 0 radical (unpaired) electrons. The van der Waals surface area contributed by atoms with Crippen molar-refractivity contribution in [2.75, 3.05) is 29.9 Å². The van der Waals surface area contributed by atoms with Gasteiger partial charge >= 0.3 is 0 Å². The van der Waals surface area contributed by atoms with Crippen molar-refractivity contribution in [3.05, 3.63) is 66.7 Å². The number of carbonyl (C=O) groups is 1. The fourth-order valence-electron chi connectivity index (χ4n) is 2.72. The largest absolute Gasteiger partial charge is 0.489 e. The normalized spacial score (nSPS) is 12.6. The lowest BCUT2D eigenvalue weighted by Gasteiger charge is -2.18. The number of para-hydroxylation sites is 1. The van der Waals surface area contributed by atoms with Crippen LogP contribution in [0.1, 0.15) is 5.56 Å². The Bertz CT molecular complexity index is 712. The van der Waals surface area contributed by atoms with E-state index in [1.54, 1.807) is 6.08 Å². The van der Waals surface area contributed by atoms with E-state index >= 15 is 0 Å². The quantitative estimate of drug-likeness (QED) is 0.833. The lowest BCUT2D eigenvalue weighted by atomic mass is 10.2. The Morgan fingerprint density at radius 3 is 3.00 bits per heavy atom. The lowest BCUT2D eigenvalue weighted by Crippen LogP contribution is -2.34. The van der Waals surface area contributed by atoms with Crippen molar-refractivity contribution in [1.29, 1.82) is 0 Å². The van der Waals surface area contributed by atoms with Crippen LogP contribution in [-0.2, 0) is 11.2 Å². The summed E-state index contributed by atoms with van der Waals surface area (Å²) in [6.45, 7) is 5.11. The molecule has 23 heavy (non-hydrogen) atoms. The number of nitrogens with one attached hydrogen (secondary N) is 1. The van der Waals surface area contributed by atoms with E-state index in [0.717, 1.165) is 30.1 Å². The average molecular weight is 308 g/mol. The third-order valence-electron chi connectivity index (χ3n) is 3.83. The van der Waals surface area contributed by atoms with Crippen molar-refractivity contribution in [3.8, 4) is 5.75 Å². The molecule has 1 heterocycles. The molecule has 4 heteroatoms. The minimum Gasteiger partial charge on any atom is -0.489 e. The first kappa shape index (κ1) is 15.2. The van der Waals surface area contributed by atoms with Gasteiger partial charge in [-0.05, 0) is 30.2 Å². The summed E-state index contributed by atoms with van der Waals surface area (Å²) in [7, 11) is 0. The van der Waals surface area contributed by atoms with E-state index in [2.05, 4.69) is 18.0 Å². The van der Waals surface area contributed by atoms with Crippen LogP contribution in [0.25, 0.3) is 0 Å². The Morgan fingerprint density at radius 1 is 1.26 bits per heavy atom. The van der Waals surface area contributed by atoms with Gasteiger partial charge in [0.1, 0.15) is 12.4 Å². The van der Waals surface area contributed by atoms with Crippen molar-refractivity contribution in [3.63, 3.8) is 0 Å². The second-order valence-corrected chi connectivity index (χ2v) is 5.41. The molecule has 0 aliphatic carbocycles. The average Bonchev–Trinajstić information content (AvgIpc) is 3.02. The summed E-state index contributed by atoms with van der Waals surface area (Å²) in [6, 6.07) is 15.7. The Hall–Kier alpha value is -2.75. The van der Waals surface area contributed by atoms with E-state index in [1.807, 2.05) is 47.4 Å². The molecule has 0 atom stereocenters. The first-order chi connectivity index (χ1) is 11.3. The fraction of sp³-hybridized carbons (Fsp3) is 0.211. The minimum absolute atomic E-state index is 0.0763. The Morgan fingerprint density at radius 2 is 2.13 bits per heavy atom. The molecule has 1 aliphatic rings. The number of carbonyl (C=O) groups excluding carboxylic acids is 1. The van der Waals surface area contributed by atoms with Gasteiger partial charge in [0.25, 0.3) is 0 Å². The zero-order chi connectivity index (χ0) is 16.1. The van der Waals surface area contributed by atoms with Crippen LogP contribution in [0.5, 0.6) is 5.75 Å². The standard InChI is InChI=1S/C19H20N2O2/c1-2-12-23-17-8-5-7-16(13-17)20-14-19(22)21-11-10-15-6-3-4-9-18(15)21/h2-9,13,20H,1,10-12,14H2. The second-order valence-electron chi connectivity index (χ2n) is 5.41. The van der Waals surface area contributed by atoms with E-state index in [9.17, 15) is 4.79 Å². The summed E-state index contributed by atoms with van der Waals surface area (Å²) >= 11 is 0. The van der Waals surface area contributed by atoms with Crippen molar-refractivity contribution in [2.24, 2.45) is 0 Å². The van der Waals surface area contributed by atoms with Gasteiger partial charge in [-0.25, -0.2) is 0 Å². The molecule has 118 valence electrons. The van der Waals surface area contributed by atoms with E-state index in [0.29, 0.717) is 6.61 Å². The molecule has 0 aromatic heterocycles. The van der Waals surface area contributed by atoms with Crippen molar-refractivity contribution >= 4 is 17.3 Å². The summed E-state index contributed by atoms with van der Waals surface area (Å²) in [5.41, 5.74) is 3.13. The third-order valence-corrected chi connectivity index (χ3v) is 3.83. The molecule has 0 saturated carbocycles. The molecule has 1 N–H and O–H groups in total. The van der Waals surface area contributed by atoms with E-state index in [-0.39, 0.29) is 12.5 Å². The van der Waals surface area contributed by atoms with Crippen LogP contribution in [0.15, 0.2) is 61.2 Å². The van der Waals surface area contributed by atoms with Crippen LogP contribution in [-0.4, -0.2) is 25.6 Å². The number of hydrogen-bond acceptors (Lipinski definition) is 3. The van der Waals surface area contributed by atoms with E-state index in [4.69, 9.17) is 4.74 Å². The first-order valence-corrected chi connectivity index (χ1v) is 7.74. The molecule has 1 amide bonds. The van der Waals surface area contributed by atoms with Crippen molar-refractivity contribution in [1.82, 2.24) is 0 Å². The number of fused-ring (bicyclic) bond motifs is 1. The van der Waals surface area contributed by atoms with Gasteiger partial charge in [-0.3, -0.25) is 4.79 Å². The maximum absolute atomic E-state index is 12.5. The third kappa shape index (κ3) is 3.54. The molecular weight excluding hydrogens is 288 g/mol. The SMILES string of the molecule is C=CCOc1cccc(NCC(=O)N2CCc3ccccc32)c1. The van der Waals surface area contributed by atoms with Gasteiger partial charge in [0.2, 0.25) is 5.91 Å². The predicted molar refractivity (Wildman–Crippen MR) is 93.1 cm³/mol. The van der Waals surface area contributed by atoms with Crippen molar-refractivity contribution < 1.29 is 9.53 Å². The second kappa shape index (κ2) is 7.01. The molecule has 2 aromatic carbocycles. The van der Waals surface area contributed by atoms with Crippen LogP contribution in [0.3, 0.4) is 0 Å². The molecule has 1 aliphatic heterocycles. The van der Waals surface area contributed by atoms with Crippen LogP contribution in [0.4, 0.5) is 11.4 Å². The zero-order valence-corrected chi connectivity index (χ0v) is 13.0. The Labute approximate surface area is 136 Å². The van der Waals surface area contributed by atoms with Gasteiger partial charge in [-0.15, -0.1) is 0 Å². The van der Waals surface area contributed by atoms with E-state index < -0.39 is 0 Å². The molecule has 4 nitrogen and oxygen atoms in total. The molecule has 0 saturated heterocycles. The number of nitrogens with zero attached hydrogens (tertiary/aromatic N) is 1. The number of ether oxygens (including phenoxy) is 1. The molecule has 0 fully saturated rings. The van der Waals surface area contributed by atoms with Gasteiger partial charge in [-0.1, -0.05) is 36.9 Å². The Balaban J connectivity index is 1.60. The van der Waals surface area contributed by atoms with E-state index in [1.165, 1.54) is 5.56 Å². The summed E-state index contributed by atoms with van der Waals surface area (Å²) in [5.74, 6) is 0.834. The maximum Gasteiger partial charge on any atom is 0.246 e. The highest BCUT2D eigenvalue weighted by Crippen LogP contribution is 2.27. The number of rotatable bonds is 6. The highest BCUT2D eigenvalue weighted by atomic mass is 16.5. The monoisotopic (exact) mass is 308 g/mol. The lowest BCUT2D eigenvalue weighted by molar-refractivity contribution is -0.116. The summed E-state index contributed by atoms with van der Waals surface area (Å²) in [4.78, 5) is 14.3. The number of anilines is 2. The topological polar surface area (TPSA) is 41.6 Å². The molecule has 3 rings (SSSR count). The van der Waals surface area contributed by atoms with Gasteiger partial charge in [0.05, 0.1) is 6.54 Å². The molecule has 0 unspecified atom stereocenters. The summed E-state index contributed by atoms with van der Waals surface area (Å²) in [5, 5.41) is 3.17. The highest BCUT2D eigenvalue weighted by molar-refractivity contribution is 5.98. The van der Waals surface area contributed by atoms with Crippen molar-refractivity contribution in [2.45, 2.75) is 6.42 Å². The molecule has 0 bridgehead atoms. The smallest absolute Gasteiger partial charge is 0.246 e. The number of benzene rings is 2. The predicted octanol–water partition coefficient (Wildman–Crippen LogP) is 3.25. The van der Waals surface area contributed by atoms with Gasteiger partial charge in [0, 0.05) is 24.0 Å². The summed E-state index contributed by atoms with van der Waals surface area (Å²) < 4.78 is 5.50. The minimum atomic E-state index is 0.0763. The van der Waals surface area contributed by atoms with Crippen LogP contribution in [0.2, 0.25) is 0 Å². The zero-order valence-electron chi connectivity index (χ0n) is 13.0. The maximum atomic E-state index is 12.5. The Kier molecular flexibility index (Phi) is 4.62. The number of amides is 1.